The first-order valence-electron chi connectivity index (χ1n) is 5.93. The first kappa shape index (κ1) is 13.8. The third kappa shape index (κ3) is 3.46. The second kappa shape index (κ2) is 6.53. The molecular formula is C14H14N2O4. The quantitative estimate of drug-likeness (QED) is 0.875. The summed E-state index contributed by atoms with van der Waals surface area (Å²) in [5, 5.41) is 5.33. The molecule has 0 radical (unpaired) electrons. The van der Waals surface area contributed by atoms with Crippen molar-refractivity contribution >= 4 is 23.2 Å². The zero-order valence-electron chi connectivity index (χ0n) is 10.9. The van der Waals surface area contributed by atoms with Gasteiger partial charge in [-0.25, -0.2) is 0 Å². The number of amides is 2. The summed E-state index contributed by atoms with van der Waals surface area (Å²) in [6.45, 7) is -0.0551. The number of anilines is 2. The van der Waals surface area contributed by atoms with Crippen molar-refractivity contribution in [2.24, 2.45) is 0 Å². The lowest BCUT2D eigenvalue weighted by molar-refractivity contribution is -0.119. The minimum atomic E-state index is -0.386. The van der Waals surface area contributed by atoms with Gasteiger partial charge in [-0.3, -0.25) is 9.59 Å². The van der Waals surface area contributed by atoms with E-state index in [-0.39, 0.29) is 24.2 Å². The van der Waals surface area contributed by atoms with E-state index in [0.29, 0.717) is 11.4 Å². The summed E-state index contributed by atoms with van der Waals surface area (Å²) in [5.41, 5.74) is 0.979. The molecule has 0 aliphatic rings. The molecule has 104 valence electrons. The van der Waals surface area contributed by atoms with Crippen molar-refractivity contribution in [2.75, 3.05) is 24.4 Å². The second-order valence-corrected chi connectivity index (χ2v) is 3.96. The predicted octanol–water partition coefficient (Wildman–Crippen LogP) is 2.12. The van der Waals surface area contributed by atoms with Crippen LogP contribution >= 0.6 is 0 Å². The molecule has 2 rings (SSSR count). The molecule has 0 spiro atoms. The molecule has 0 bridgehead atoms. The van der Waals surface area contributed by atoms with Gasteiger partial charge in [0.05, 0.1) is 17.6 Å². The maximum atomic E-state index is 11.9. The summed E-state index contributed by atoms with van der Waals surface area (Å²) in [6.07, 6.45) is 1.42. The molecule has 0 unspecified atom stereocenters. The van der Waals surface area contributed by atoms with E-state index >= 15 is 0 Å². The lowest BCUT2D eigenvalue weighted by Gasteiger charge is -2.11. The van der Waals surface area contributed by atoms with Gasteiger partial charge in [0.25, 0.3) is 5.91 Å². The second-order valence-electron chi connectivity index (χ2n) is 3.96. The lowest BCUT2D eigenvalue weighted by atomic mass is 10.2. The minimum absolute atomic E-state index is 0.0551. The standard InChI is InChI=1S/C14H14N2O4/c1-19-9-13(17)15-10-5-2-3-6-11(10)16-14(18)12-7-4-8-20-12/h2-8H,9H2,1H3,(H,15,17)(H,16,18). The molecule has 6 nitrogen and oxygen atoms in total. The maximum absolute atomic E-state index is 11.9. The monoisotopic (exact) mass is 274 g/mol. The number of furan rings is 1. The zero-order chi connectivity index (χ0) is 14.4. The predicted molar refractivity (Wildman–Crippen MR) is 73.6 cm³/mol. The molecule has 2 amide bonds. The Labute approximate surface area is 115 Å². The van der Waals surface area contributed by atoms with E-state index in [1.54, 1.807) is 36.4 Å². The summed E-state index contributed by atoms with van der Waals surface area (Å²) in [4.78, 5) is 23.4. The van der Waals surface area contributed by atoms with E-state index in [9.17, 15) is 9.59 Å². The highest BCUT2D eigenvalue weighted by Gasteiger charge is 2.12. The van der Waals surface area contributed by atoms with Crippen molar-refractivity contribution in [3.8, 4) is 0 Å². The first-order valence-corrected chi connectivity index (χ1v) is 5.93. The average molecular weight is 274 g/mol. The zero-order valence-corrected chi connectivity index (χ0v) is 10.9. The number of benzene rings is 1. The fourth-order valence-corrected chi connectivity index (χ4v) is 1.61. The minimum Gasteiger partial charge on any atom is -0.459 e. The number of carbonyl (C=O) groups excluding carboxylic acids is 2. The molecular weight excluding hydrogens is 260 g/mol. The summed E-state index contributed by atoms with van der Waals surface area (Å²) in [5.74, 6) is -0.487. The van der Waals surface area contributed by atoms with Gasteiger partial charge in [0, 0.05) is 7.11 Å². The summed E-state index contributed by atoms with van der Waals surface area (Å²) < 4.78 is 9.75. The highest BCUT2D eigenvalue weighted by Crippen LogP contribution is 2.21. The number of nitrogens with one attached hydrogen (secondary N) is 2. The molecule has 1 aromatic carbocycles. The highest BCUT2D eigenvalue weighted by molar-refractivity contribution is 6.05. The molecule has 2 N–H and O–H groups in total. The largest absolute Gasteiger partial charge is 0.459 e. The van der Waals surface area contributed by atoms with Crippen LogP contribution in [0.2, 0.25) is 0 Å². The van der Waals surface area contributed by atoms with E-state index in [1.165, 1.54) is 13.4 Å². The summed E-state index contributed by atoms with van der Waals surface area (Å²) in [6, 6.07) is 10.1. The Morgan fingerprint density at radius 1 is 1.10 bits per heavy atom. The molecule has 20 heavy (non-hydrogen) atoms. The van der Waals surface area contributed by atoms with E-state index in [2.05, 4.69) is 10.6 Å². The maximum Gasteiger partial charge on any atom is 0.291 e. The van der Waals surface area contributed by atoms with Gasteiger partial charge in [0.1, 0.15) is 6.61 Å². The topological polar surface area (TPSA) is 80.6 Å². The number of hydrogen-bond acceptors (Lipinski definition) is 4. The Hall–Kier alpha value is -2.60. The van der Waals surface area contributed by atoms with Crippen LogP contribution in [0.25, 0.3) is 0 Å². The molecule has 0 saturated heterocycles. The van der Waals surface area contributed by atoms with Crippen LogP contribution in [-0.2, 0) is 9.53 Å². The van der Waals surface area contributed by atoms with Crippen molar-refractivity contribution in [3.05, 3.63) is 48.4 Å². The van der Waals surface area contributed by atoms with Gasteiger partial charge in [-0.05, 0) is 24.3 Å². The number of ether oxygens (including phenoxy) is 1. The van der Waals surface area contributed by atoms with Crippen molar-refractivity contribution in [2.45, 2.75) is 0 Å². The molecule has 2 aromatic rings. The van der Waals surface area contributed by atoms with Crippen LogP contribution in [0.15, 0.2) is 47.1 Å². The van der Waals surface area contributed by atoms with E-state index in [0.717, 1.165) is 0 Å². The molecule has 6 heteroatoms. The Balaban J connectivity index is 2.11. The lowest BCUT2D eigenvalue weighted by Crippen LogP contribution is -2.19. The Morgan fingerprint density at radius 3 is 2.40 bits per heavy atom. The molecule has 1 aromatic heterocycles. The fourth-order valence-electron chi connectivity index (χ4n) is 1.61. The average Bonchev–Trinajstić information content (AvgIpc) is 2.95. The molecule has 0 saturated carbocycles. The van der Waals surface area contributed by atoms with Gasteiger partial charge in [0.15, 0.2) is 5.76 Å². The van der Waals surface area contributed by atoms with Crippen LogP contribution in [0.4, 0.5) is 11.4 Å². The third-order valence-electron chi connectivity index (χ3n) is 2.47. The van der Waals surface area contributed by atoms with Gasteiger partial charge in [-0.1, -0.05) is 12.1 Å². The first-order chi connectivity index (χ1) is 9.70. The van der Waals surface area contributed by atoms with Crippen molar-refractivity contribution in [1.29, 1.82) is 0 Å². The van der Waals surface area contributed by atoms with E-state index in [4.69, 9.17) is 9.15 Å². The van der Waals surface area contributed by atoms with E-state index < -0.39 is 0 Å². The highest BCUT2D eigenvalue weighted by atomic mass is 16.5. The number of methoxy groups -OCH3 is 1. The van der Waals surface area contributed by atoms with Crippen LogP contribution in [0.3, 0.4) is 0 Å². The molecule has 0 aliphatic carbocycles. The number of hydrogen-bond donors (Lipinski definition) is 2. The number of rotatable bonds is 5. The Bertz CT molecular complexity index is 593. The molecule has 0 fully saturated rings. The SMILES string of the molecule is COCC(=O)Nc1ccccc1NC(=O)c1ccco1. The van der Waals surface area contributed by atoms with Crippen LogP contribution in [0, 0.1) is 0 Å². The number of para-hydroxylation sites is 2. The van der Waals surface area contributed by atoms with Gasteiger partial charge >= 0.3 is 0 Å². The molecule has 1 heterocycles. The van der Waals surface area contributed by atoms with Gasteiger partial charge in [-0.2, -0.15) is 0 Å². The number of carbonyl (C=O) groups is 2. The third-order valence-corrected chi connectivity index (χ3v) is 2.47. The fraction of sp³-hybridized carbons (Fsp3) is 0.143. The van der Waals surface area contributed by atoms with Crippen LogP contribution in [-0.4, -0.2) is 25.5 Å². The van der Waals surface area contributed by atoms with Crippen molar-refractivity contribution in [1.82, 2.24) is 0 Å². The van der Waals surface area contributed by atoms with Crippen LogP contribution < -0.4 is 10.6 Å². The smallest absolute Gasteiger partial charge is 0.291 e. The Kier molecular flexibility index (Phi) is 4.52. The van der Waals surface area contributed by atoms with Crippen molar-refractivity contribution < 1.29 is 18.7 Å². The van der Waals surface area contributed by atoms with Gasteiger partial charge < -0.3 is 19.8 Å². The van der Waals surface area contributed by atoms with Gasteiger partial charge in [-0.15, -0.1) is 0 Å². The summed E-state index contributed by atoms with van der Waals surface area (Å²) >= 11 is 0. The molecule has 0 aliphatic heterocycles. The normalized spacial score (nSPS) is 10.1. The summed E-state index contributed by atoms with van der Waals surface area (Å²) in [7, 11) is 1.43. The molecule has 0 atom stereocenters. The van der Waals surface area contributed by atoms with Crippen molar-refractivity contribution in [3.63, 3.8) is 0 Å². The van der Waals surface area contributed by atoms with Crippen LogP contribution in [0.1, 0.15) is 10.6 Å². The van der Waals surface area contributed by atoms with Gasteiger partial charge in [0.2, 0.25) is 5.91 Å². The Morgan fingerprint density at radius 2 is 1.80 bits per heavy atom. The van der Waals surface area contributed by atoms with Crippen LogP contribution in [0.5, 0.6) is 0 Å². The van der Waals surface area contributed by atoms with E-state index in [1.807, 2.05) is 0 Å².